The average molecular weight is 410 g/mol. The van der Waals surface area contributed by atoms with E-state index in [1.54, 1.807) is 18.2 Å². The van der Waals surface area contributed by atoms with Gasteiger partial charge < -0.3 is 5.43 Å². The summed E-state index contributed by atoms with van der Waals surface area (Å²) in [4.78, 5) is 17.9. The molecule has 0 unspecified atom stereocenters. The lowest BCUT2D eigenvalue weighted by atomic mass is 10.1. The fourth-order valence-electron chi connectivity index (χ4n) is 3.09. The molecule has 1 aromatic heterocycles. The fraction of sp³-hybridized carbons (Fsp3) is 0.0909. The number of aromatic nitrogens is 2. The van der Waals surface area contributed by atoms with Crippen LogP contribution in [0.4, 0.5) is 0 Å². The Kier molecular flexibility index (Phi) is 5.07. The van der Waals surface area contributed by atoms with Gasteiger partial charge in [0.2, 0.25) is 0 Å². The monoisotopic (exact) mass is 409 g/mol. The summed E-state index contributed by atoms with van der Waals surface area (Å²) in [7, 11) is 0. The summed E-state index contributed by atoms with van der Waals surface area (Å²) in [5, 5.41) is 1.66. The second-order valence-corrected chi connectivity index (χ2v) is 7.38. The Morgan fingerprint density at radius 2 is 1.82 bits per heavy atom. The molecule has 4 rings (SSSR count). The highest BCUT2D eigenvalue weighted by molar-refractivity contribution is 6.35. The smallest absolute Gasteiger partial charge is 0.280 e. The van der Waals surface area contributed by atoms with Gasteiger partial charge in [-0.3, -0.25) is 4.79 Å². The predicted octanol–water partition coefficient (Wildman–Crippen LogP) is 5.42. The molecule has 1 N–H and O–H groups in total. The van der Waals surface area contributed by atoms with Crippen LogP contribution in [0, 0.1) is 6.92 Å². The van der Waals surface area contributed by atoms with Crippen molar-refractivity contribution in [3.05, 3.63) is 98.3 Å². The lowest BCUT2D eigenvalue weighted by Crippen LogP contribution is -2.31. The largest absolute Gasteiger partial charge is 0.317 e. The Morgan fingerprint density at radius 1 is 1.00 bits per heavy atom. The SMILES string of the molecule is Cc1cccc(-c2nc3ccccc3c(=O)n2NCc2ccc(Cl)cc2Cl)c1. The molecule has 4 nitrogen and oxygen atoms in total. The first kappa shape index (κ1) is 18.5. The molecule has 0 radical (unpaired) electrons. The van der Waals surface area contributed by atoms with E-state index in [2.05, 4.69) is 5.43 Å². The Labute approximate surface area is 172 Å². The predicted molar refractivity (Wildman–Crippen MR) is 116 cm³/mol. The molecule has 0 atom stereocenters. The summed E-state index contributed by atoms with van der Waals surface area (Å²) in [6.07, 6.45) is 0. The van der Waals surface area contributed by atoms with Crippen molar-refractivity contribution >= 4 is 34.1 Å². The molecule has 140 valence electrons. The van der Waals surface area contributed by atoms with Gasteiger partial charge in [-0.2, -0.15) is 0 Å². The van der Waals surface area contributed by atoms with Crippen LogP contribution in [0.3, 0.4) is 0 Å². The van der Waals surface area contributed by atoms with Crippen LogP contribution in [-0.2, 0) is 6.54 Å². The van der Waals surface area contributed by atoms with E-state index in [4.69, 9.17) is 28.2 Å². The summed E-state index contributed by atoms with van der Waals surface area (Å²) in [5.74, 6) is 0.553. The van der Waals surface area contributed by atoms with Crippen molar-refractivity contribution in [3.8, 4) is 11.4 Å². The Morgan fingerprint density at radius 3 is 2.61 bits per heavy atom. The molecule has 0 amide bonds. The Balaban J connectivity index is 1.84. The van der Waals surface area contributed by atoms with Gasteiger partial charge in [-0.1, -0.05) is 65.2 Å². The molecule has 3 aromatic carbocycles. The van der Waals surface area contributed by atoms with E-state index in [-0.39, 0.29) is 5.56 Å². The van der Waals surface area contributed by atoms with E-state index in [0.29, 0.717) is 33.3 Å². The number of para-hydroxylation sites is 1. The topological polar surface area (TPSA) is 46.9 Å². The molecule has 0 aliphatic carbocycles. The van der Waals surface area contributed by atoms with E-state index in [9.17, 15) is 4.79 Å². The van der Waals surface area contributed by atoms with Crippen molar-refractivity contribution in [2.75, 3.05) is 5.43 Å². The van der Waals surface area contributed by atoms with E-state index < -0.39 is 0 Å². The molecule has 0 saturated carbocycles. The van der Waals surface area contributed by atoms with Crippen molar-refractivity contribution < 1.29 is 0 Å². The summed E-state index contributed by atoms with van der Waals surface area (Å²) < 4.78 is 1.49. The van der Waals surface area contributed by atoms with Crippen LogP contribution in [0.1, 0.15) is 11.1 Å². The van der Waals surface area contributed by atoms with Crippen LogP contribution in [0.5, 0.6) is 0 Å². The van der Waals surface area contributed by atoms with Crippen molar-refractivity contribution in [3.63, 3.8) is 0 Å². The zero-order chi connectivity index (χ0) is 19.7. The molecule has 4 aromatic rings. The molecular weight excluding hydrogens is 393 g/mol. The normalized spacial score (nSPS) is 11.0. The maximum Gasteiger partial charge on any atom is 0.280 e. The van der Waals surface area contributed by atoms with Gasteiger partial charge in [-0.05, 0) is 42.8 Å². The second-order valence-electron chi connectivity index (χ2n) is 6.53. The van der Waals surface area contributed by atoms with Gasteiger partial charge >= 0.3 is 0 Å². The molecule has 28 heavy (non-hydrogen) atoms. The quantitative estimate of drug-likeness (QED) is 0.489. The molecule has 0 fully saturated rings. The van der Waals surface area contributed by atoms with E-state index >= 15 is 0 Å². The minimum absolute atomic E-state index is 0.160. The summed E-state index contributed by atoms with van der Waals surface area (Å²) in [5.41, 5.74) is 6.46. The van der Waals surface area contributed by atoms with Crippen molar-refractivity contribution in [2.45, 2.75) is 13.5 Å². The third-order valence-electron chi connectivity index (χ3n) is 4.49. The molecule has 0 saturated heterocycles. The number of rotatable bonds is 4. The number of fused-ring (bicyclic) bond motifs is 1. The maximum atomic E-state index is 13.2. The lowest BCUT2D eigenvalue weighted by Gasteiger charge is -2.16. The summed E-state index contributed by atoms with van der Waals surface area (Å²) in [6.45, 7) is 2.36. The van der Waals surface area contributed by atoms with E-state index in [1.807, 2.05) is 55.5 Å². The van der Waals surface area contributed by atoms with Crippen molar-refractivity contribution in [1.29, 1.82) is 0 Å². The third-order valence-corrected chi connectivity index (χ3v) is 5.08. The van der Waals surface area contributed by atoms with E-state index in [1.165, 1.54) is 4.68 Å². The van der Waals surface area contributed by atoms with Gasteiger partial charge in [0, 0.05) is 15.6 Å². The van der Waals surface area contributed by atoms with Crippen LogP contribution >= 0.6 is 23.2 Å². The fourth-order valence-corrected chi connectivity index (χ4v) is 3.56. The molecule has 6 heteroatoms. The number of nitrogens with one attached hydrogen (secondary N) is 1. The van der Waals surface area contributed by atoms with Gasteiger partial charge in [0.25, 0.3) is 5.56 Å². The third kappa shape index (κ3) is 3.61. The highest BCUT2D eigenvalue weighted by atomic mass is 35.5. The number of halogens is 2. The minimum Gasteiger partial charge on any atom is -0.317 e. The second kappa shape index (κ2) is 7.66. The summed E-state index contributed by atoms with van der Waals surface area (Å²) in [6, 6.07) is 20.5. The van der Waals surface area contributed by atoms with Crippen molar-refractivity contribution in [2.24, 2.45) is 0 Å². The number of hydrogen-bond acceptors (Lipinski definition) is 3. The van der Waals surface area contributed by atoms with Crippen LogP contribution in [0.15, 0.2) is 71.5 Å². The molecular formula is C22H17Cl2N3O. The van der Waals surface area contributed by atoms with Gasteiger partial charge in [-0.25, -0.2) is 9.66 Å². The van der Waals surface area contributed by atoms with Gasteiger partial charge in [-0.15, -0.1) is 0 Å². The van der Waals surface area contributed by atoms with Crippen LogP contribution < -0.4 is 11.0 Å². The molecule has 0 bridgehead atoms. The molecule has 1 heterocycles. The Bertz CT molecular complexity index is 1230. The van der Waals surface area contributed by atoms with Crippen LogP contribution in [0.25, 0.3) is 22.3 Å². The highest BCUT2D eigenvalue weighted by Gasteiger charge is 2.13. The first-order valence-electron chi connectivity index (χ1n) is 8.79. The molecule has 0 aliphatic rings. The van der Waals surface area contributed by atoms with Crippen molar-refractivity contribution in [1.82, 2.24) is 9.66 Å². The van der Waals surface area contributed by atoms with E-state index in [0.717, 1.165) is 16.7 Å². The number of hydrogen-bond donors (Lipinski definition) is 1. The number of benzene rings is 3. The van der Waals surface area contributed by atoms with Crippen LogP contribution in [-0.4, -0.2) is 9.66 Å². The first-order valence-corrected chi connectivity index (χ1v) is 9.55. The van der Waals surface area contributed by atoms with Gasteiger partial charge in [0.05, 0.1) is 17.4 Å². The number of nitrogens with zero attached hydrogens (tertiary/aromatic N) is 2. The zero-order valence-corrected chi connectivity index (χ0v) is 16.6. The summed E-state index contributed by atoms with van der Waals surface area (Å²) >= 11 is 12.3. The standard InChI is InChI=1S/C22H17Cl2N3O/c1-14-5-4-6-15(11-14)21-26-20-8-3-2-7-18(20)22(28)27(21)25-13-16-9-10-17(23)12-19(16)24/h2-12,25H,13H2,1H3. The van der Waals surface area contributed by atoms with Gasteiger partial charge in [0.1, 0.15) is 0 Å². The lowest BCUT2D eigenvalue weighted by molar-refractivity contribution is 0.801. The Hall–Kier alpha value is -2.82. The maximum absolute atomic E-state index is 13.2. The average Bonchev–Trinajstić information content (AvgIpc) is 2.68. The highest BCUT2D eigenvalue weighted by Crippen LogP contribution is 2.22. The van der Waals surface area contributed by atoms with Gasteiger partial charge in [0.15, 0.2) is 5.82 Å². The van der Waals surface area contributed by atoms with Crippen LogP contribution in [0.2, 0.25) is 10.0 Å². The zero-order valence-electron chi connectivity index (χ0n) is 15.1. The first-order chi connectivity index (χ1) is 13.5. The minimum atomic E-state index is -0.160. The number of aryl methyl sites for hydroxylation is 1. The molecule has 0 aliphatic heterocycles. The molecule has 0 spiro atoms.